The summed E-state index contributed by atoms with van der Waals surface area (Å²) in [4.78, 5) is 12.0. The van der Waals surface area contributed by atoms with Crippen LogP contribution in [0.5, 0.6) is 0 Å². The van der Waals surface area contributed by atoms with E-state index in [2.05, 4.69) is 54.4 Å². The van der Waals surface area contributed by atoms with Crippen molar-refractivity contribution < 1.29 is 13.8 Å². The first kappa shape index (κ1) is 20.4. The van der Waals surface area contributed by atoms with Crippen molar-refractivity contribution in [3.8, 4) is 0 Å². The quantitative estimate of drug-likeness (QED) is 0.513. The van der Waals surface area contributed by atoms with Gasteiger partial charge in [-0.15, -0.1) is 0 Å². The predicted molar refractivity (Wildman–Crippen MR) is 91.0 cm³/mol. The van der Waals surface area contributed by atoms with Crippen LogP contribution in [0.1, 0.15) is 40.5 Å². The fourth-order valence-corrected chi connectivity index (χ4v) is 2.16. The van der Waals surface area contributed by atoms with Crippen LogP contribution in [-0.4, -0.2) is 75.8 Å². The van der Waals surface area contributed by atoms with Crippen LogP contribution in [0.4, 0.5) is 0 Å². The smallest absolute Gasteiger partial charge is 0.225 e. The Kier molecular flexibility index (Phi) is 7.37. The summed E-state index contributed by atoms with van der Waals surface area (Å²) < 4.78 is 1.99. The number of hydrogen-bond acceptors (Lipinski definition) is 1. The number of carbonyl (C=O) groups excluding carboxylic acids is 1. The lowest BCUT2D eigenvalue weighted by Crippen LogP contribution is -2.55. The topological polar surface area (TPSA) is 29.1 Å². The van der Waals surface area contributed by atoms with Gasteiger partial charge in [-0.1, -0.05) is 20.8 Å². The molecule has 0 aliphatic rings. The molecule has 0 spiro atoms. The summed E-state index contributed by atoms with van der Waals surface area (Å²) in [6.45, 7) is 11.4. The number of nitrogens with zero attached hydrogens (tertiary/aromatic N) is 2. The number of hydrogen-bond donors (Lipinski definition) is 1. The molecular weight excluding hydrogens is 262 g/mol. The molecule has 1 unspecified atom stereocenters. The van der Waals surface area contributed by atoms with Crippen molar-refractivity contribution >= 4 is 5.91 Å². The van der Waals surface area contributed by atoms with E-state index in [4.69, 9.17) is 0 Å². The van der Waals surface area contributed by atoms with Crippen molar-refractivity contribution in [3.05, 3.63) is 0 Å². The summed E-state index contributed by atoms with van der Waals surface area (Å²) >= 11 is 0. The molecule has 1 N–H and O–H groups in total. The van der Waals surface area contributed by atoms with E-state index in [0.717, 1.165) is 41.4 Å². The summed E-state index contributed by atoms with van der Waals surface area (Å²) in [6.07, 6.45) is 1.91. The molecule has 0 fully saturated rings. The van der Waals surface area contributed by atoms with Crippen molar-refractivity contribution in [1.29, 1.82) is 0 Å². The van der Waals surface area contributed by atoms with Gasteiger partial charge < -0.3 is 14.3 Å². The minimum absolute atomic E-state index is 0.176. The third-order valence-electron chi connectivity index (χ3n) is 4.81. The second-order valence-electron chi connectivity index (χ2n) is 8.65. The molecule has 1 amide bonds. The number of rotatable bonds is 9. The first-order chi connectivity index (χ1) is 9.32. The van der Waals surface area contributed by atoms with Crippen molar-refractivity contribution in [2.75, 3.05) is 54.9 Å². The second-order valence-corrected chi connectivity index (χ2v) is 8.65. The molecule has 0 aliphatic carbocycles. The monoisotopic (exact) mass is 301 g/mol. The van der Waals surface area contributed by atoms with Gasteiger partial charge in [0.25, 0.3) is 0 Å². The number of carbonyl (C=O) groups is 1. The van der Waals surface area contributed by atoms with Crippen LogP contribution in [0.25, 0.3) is 0 Å². The predicted octanol–water partition coefficient (Wildman–Crippen LogP) is 2.10. The highest BCUT2D eigenvalue weighted by molar-refractivity contribution is 5.81. The summed E-state index contributed by atoms with van der Waals surface area (Å²) in [6, 6.07) is 0.619. The van der Waals surface area contributed by atoms with Gasteiger partial charge >= 0.3 is 0 Å². The molecule has 0 aromatic rings. The summed E-state index contributed by atoms with van der Waals surface area (Å²) in [5.74, 6) is 0.176. The number of amides is 1. The van der Waals surface area contributed by atoms with Crippen LogP contribution < -0.4 is 5.32 Å². The molecule has 4 heteroatoms. The van der Waals surface area contributed by atoms with Crippen molar-refractivity contribution in [3.63, 3.8) is 0 Å². The minimum Gasteiger partial charge on any atom is -0.355 e. The van der Waals surface area contributed by atoms with Gasteiger partial charge in [0.15, 0.2) is 0 Å². The van der Waals surface area contributed by atoms with Gasteiger partial charge in [-0.2, -0.15) is 0 Å². The highest BCUT2D eigenvalue weighted by Gasteiger charge is 2.28. The normalized spacial score (nSPS) is 14.9. The van der Waals surface area contributed by atoms with E-state index in [1.165, 1.54) is 0 Å². The molecule has 126 valence electrons. The van der Waals surface area contributed by atoms with Crippen molar-refractivity contribution in [2.45, 2.75) is 46.6 Å². The molecule has 1 atom stereocenters. The van der Waals surface area contributed by atoms with Crippen LogP contribution in [0.15, 0.2) is 0 Å². The Morgan fingerprint density at radius 1 is 1.14 bits per heavy atom. The Bertz CT molecular complexity index is 329. The van der Waals surface area contributed by atoms with Crippen LogP contribution in [0, 0.1) is 5.41 Å². The number of quaternary nitrogens is 2. The van der Waals surface area contributed by atoms with E-state index in [9.17, 15) is 4.79 Å². The van der Waals surface area contributed by atoms with E-state index in [-0.39, 0.29) is 11.3 Å². The molecule has 0 saturated heterocycles. The molecule has 0 radical (unpaired) electrons. The van der Waals surface area contributed by atoms with E-state index < -0.39 is 0 Å². The van der Waals surface area contributed by atoms with E-state index in [1.807, 2.05) is 13.8 Å². The molecule has 0 bridgehead atoms. The van der Waals surface area contributed by atoms with Crippen molar-refractivity contribution in [2.24, 2.45) is 5.41 Å². The molecule has 0 rings (SSSR count). The zero-order chi connectivity index (χ0) is 16.9. The molecule has 21 heavy (non-hydrogen) atoms. The lowest BCUT2D eigenvalue weighted by Gasteiger charge is -2.38. The maximum Gasteiger partial charge on any atom is 0.225 e. The Morgan fingerprint density at radius 3 is 2.10 bits per heavy atom. The maximum atomic E-state index is 12.0. The van der Waals surface area contributed by atoms with E-state index in [0.29, 0.717) is 6.04 Å². The van der Waals surface area contributed by atoms with Gasteiger partial charge in [0.05, 0.1) is 41.8 Å². The van der Waals surface area contributed by atoms with Crippen LogP contribution in [0.3, 0.4) is 0 Å². The zero-order valence-corrected chi connectivity index (χ0v) is 15.9. The summed E-state index contributed by atoms with van der Waals surface area (Å²) in [7, 11) is 11.3. The summed E-state index contributed by atoms with van der Waals surface area (Å²) in [5, 5.41) is 3.08. The molecular formula is C17H39N3O+2. The van der Waals surface area contributed by atoms with Crippen LogP contribution in [0.2, 0.25) is 0 Å². The molecule has 0 aromatic carbocycles. The van der Waals surface area contributed by atoms with Crippen molar-refractivity contribution in [1.82, 2.24) is 5.32 Å². The highest BCUT2D eigenvalue weighted by atomic mass is 16.2. The highest BCUT2D eigenvalue weighted by Crippen LogP contribution is 2.19. The van der Waals surface area contributed by atoms with Crippen LogP contribution >= 0.6 is 0 Å². The first-order valence-electron chi connectivity index (χ1n) is 8.23. The third-order valence-corrected chi connectivity index (χ3v) is 4.81. The van der Waals surface area contributed by atoms with Gasteiger partial charge in [-0.3, -0.25) is 4.79 Å². The van der Waals surface area contributed by atoms with Gasteiger partial charge in [0.2, 0.25) is 5.91 Å². The minimum atomic E-state index is -0.247. The molecule has 0 aromatic heterocycles. The largest absolute Gasteiger partial charge is 0.355 e. The van der Waals surface area contributed by atoms with E-state index >= 15 is 0 Å². The lowest BCUT2D eigenvalue weighted by molar-refractivity contribution is -0.953. The zero-order valence-electron chi connectivity index (χ0n) is 15.9. The van der Waals surface area contributed by atoms with E-state index in [1.54, 1.807) is 0 Å². The van der Waals surface area contributed by atoms with Gasteiger partial charge in [-0.05, 0) is 13.3 Å². The molecule has 0 heterocycles. The number of likely N-dealkylation sites (N-methyl/N-ethyl adjacent to an activating group) is 2. The fourth-order valence-electron chi connectivity index (χ4n) is 2.16. The lowest BCUT2D eigenvalue weighted by atomic mass is 9.89. The maximum absolute atomic E-state index is 12.0. The fraction of sp³-hybridized carbons (Fsp3) is 0.941. The Balaban J connectivity index is 4.14. The molecule has 4 nitrogen and oxygen atoms in total. The summed E-state index contributed by atoms with van der Waals surface area (Å²) in [5.41, 5.74) is -0.247. The van der Waals surface area contributed by atoms with Gasteiger partial charge in [0.1, 0.15) is 12.6 Å². The molecule has 0 saturated carbocycles. The standard InChI is InChI=1S/C17H38N3O/c1-10-17(3,4)16(21)18-12-11-13-20(8,9)14-15(2)19(5,6)7/h15H,10-14H2,1-9H3/q+1/p+1. The first-order valence-corrected chi connectivity index (χ1v) is 8.23. The average molecular weight is 302 g/mol. The van der Waals surface area contributed by atoms with Crippen LogP contribution in [-0.2, 0) is 4.79 Å². The molecule has 0 aliphatic heterocycles. The third kappa shape index (κ3) is 7.82. The Labute approximate surface area is 132 Å². The van der Waals surface area contributed by atoms with Gasteiger partial charge in [-0.25, -0.2) is 0 Å². The number of nitrogens with one attached hydrogen (secondary N) is 1. The van der Waals surface area contributed by atoms with Gasteiger partial charge in [0, 0.05) is 18.4 Å². The Hall–Kier alpha value is -0.610. The average Bonchev–Trinajstić information content (AvgIpc) is 2.32. The Morgan fingerprint density at radius 2 is 1.67 bits per heavy atom. The second kappa shape index (κ2) is 7.59. The SMILES string of the molecule is CCC(C)(C)C(=O)NCCC[N+](C)(C)CC(C)[N+](C)(C)C.